The van der Waals surface area contributed by atoms with Gasteiger partial charge >= 0.3 is 10.9 Å². The minimum absolute atomic E-state index is 0.0432. The molecular formula is C12H15N3O4S. The van der Waals surface area contributed by atoms with Gasteiger partial charge in [-0.1, -0.05) is 25.2 Å². The van der Waals surface area contributed by atoms with Crippen LogP contribution in [0.2, 0.25) is 0 Å². The Bertz CT molecular complexity index is 614. The maximum absolute atomic E-state index is 12.5. The molecule has 4 amide bonds. The van der Waals surface area contributed by atoms with E-state index in [1.807, 2.05) is 0 Å². The number of aromatic nitrogens is 1. The Kier molecular flexibility index (Phi) is 3.76. The molecule has 2 rings (SSSR count). The van der Waals surface area contributed by atoms with E-state index in [9.17, 15) is 19.2 Å². The first kappa shape index (κ1) is 14.4. The molecule has 1 fully saturated rings. The van der Waals surface area contributed by atoms with Crippen LogP contribution in [0.5, 0.6) is 0 Å². The molecule has 2 heterocycles. The van der Waals surface area contributed by atoms with E-state index >= 15 is 0 Å². The van der Waals surface area contributed by atoms with Gasteiger partial charge in [-0.05, 0) is 12.8 Å². The smallest absolute Gasteiger partial charge is 0.315 e. The predicted molar refractivity (Wildman–Crippen MR) is 72.0 cm³/mol. The molecule has 0 aliphatic carbocycles. The van der Waals surface area contributed by atoms with Crippen molar-refractivity contribution in [2.45, 2.75) is 33.2 Å². The highest BCUT2D eigenvalue weighted by molar-refractivity contribution is 7.07. The largest absolute Gasteiger partial charge is 0.331 e. The van der Waals surface area contributed by atoms with Crippen LogP contribution in [-0.4, -0.2) is 27.7 Å². The SMILES string of the molecule is CCC1(CC)C(=O)NC(=O)N(Cc2csc(=O)[nH]2)C1=O. The third kappa shape index (κ3) is 2.15. The molecule has 0 aromatic carbocycles. The molecule has 8 heteroatoms. The standard InChI is InChI=1S/C12H15N3O4S/c1-3-12(4-2)8(16)14-10(18)15(9(12)17)5-7-6-20-11(19)13-7/h6H,3-5H2,1-2H3,(H,13,19)(H,14,16,18). The highest BCUT2D eigenvalue weighted by Gasteiger charge is 2.51. The molecule has 0 saturated carbocycles. The van der Waals surface area contributed by atoms with Crippen LogP contribution < -0.4 is 10.2 Å². The zero-order chi connectivity index (χ0) is 14.9. The summed E-state index contributed by atoms with van der Waals surface area (Å²) < 4.78 is 0. The zero-order valence-electron chi connectivity index (χ0n) is 11.2. The average molecular weight is 297 g/mol. The van der Waals surface area contributed by atoms with Crippen molar-refractivity contribution >= 4 is 29.2 Å². The van der Waals surface area contributed by atoms with Gasteiger partial charge in [0.15, 0.2) is 0 Å². The molecule has 1 aromatic heterocycles. The number of hydrogen-bond donors (Lipinski definition) is 2. The lowest BCUT2D eigenvalue weighted by Crippen LogP contribution is -2.63. The van der Waals surface area contributed by atoms with E-state index in [1.165, 1.54) is 0 Å². The van der Waals surface area contributed by atoms with Gasteiger partial charge in [0.25, 0.3) is 0 Å². The number of barbiturate groups is 1. The third-order valence-electron chi connectivity index (χ3n) is 3.66. The van der Waals surface area contributed by atoms with E-state index in [2.05, 4.69) is 10.3 Å². The number of imide groups is 2. The van der Waals surface area contributed by atoms with Crippen LogP contribution in [0.25, 0.3) is 0 Å². The molecule has 20 heavy (non-hydrogen) atoms. The Morgan fingerprint density at radius 3 is 2.35 bits per heavy atom. The van der Waals surface area contributed by atoms with Crippen molar-refractivity contribution in [3.8, 4) is 0 Å². The minimum atomic E-state index is -1.20. The van der Waals surface area contributed by atoms with Gasteiger partial charge in [-0.15, -0.1) is 0 Å². The summed E-state index contributed by atoms with van der Waals surface area (Å²) in [6, 6.07) is -0.746. The van der Waals surface area contributed by atoms with Gasteiger partial charge in [0.2, 0.25) is 11.8 Å². The second-order valence-corrected chi connectivity index (χ2v) is 5.46. The van der Waals surface area contributed by atoms with Gasteiger partial charge in [-0.2, -0.15) is 0 Å². The van der Waals surface area contributed by atoms with E-state index in [4.69, 9.17) is 0 Å². The molecule has 1 aliphatic heterocycles. The Hall–Kier alpha value is -1.96. The quantitative estimate of drug-likeness (QED) is 0.804. The molecule has 108 valence electrons. The molecule has 1 aromatic rings. The molecule has 2 N–H and O–H groups in total. The number of nitrogens with one attached hydrogen (secondary N) is 2. The van der Waals surface area contributed by atoms with Crippen molar-refractivity contribution in [3.63, 3.8) is 0 Å². The number of thiazole rings is 1. The summed E-state index contributed by atoms with van der Waals surface area (Å²) in [5, 5.41) is 3.77. The fraction of sp³-hybridized carbons (Fsp3) is 0.500. The lowest BCUT2D eigenvalue weighted by Gasteiger charge is -2.37. The van der Waals surface area contributed by atoms with Gasteiger partial charge in [-0.3, -0.25) is 24.6 Å². The van der Waals surface area contributed by atoms with E-state index in [0.29, 0.717) is 18.5 Å². The molecule has 0 unspecified atom stereocenters. The molecule has 0 atom stereocenters. The first-order chi connectivity index (χ1) is 9.44. The van der Waals surface area contributed by atoms with Crippen molar-refractivity contribution in [2.24, 2.45) is 5.41 Å². The minimum Gasteiger partial charge on any atom is -0.315 e. The second kappa shape index (κ2) is 5.20. The first-order valence-corrected chi connectivity index (χ1v) is 7.16. The van der Waals surface area contributed by atoms with Crippen molar-refractivity contribution in [1.29, 1.82) is 0 Å². The van der Waals surface area contributed by atoms with Crippen molar-refractivity contribution in [1.82, 2.24) is 15.2 Å². The summed E-state index contributed by atoms with van der Waals surface area (Å²) in [4.78, 5) is 50.7. The van der Waals surface area contributed by atoms with E-state index in [1.54, 1.807) is 19.2 Å². The predicted octanol–water partition coefficient (Wildman–Crippen LogP) is 0.821. The number of hydrogen-bond acceptors (Lipinski definition) is 5. The number of nitrogens with zero attached hydrogens (tertiary/aromatic N) is 1. The lowest BCUT2D eigenvalue weighted by atomic mass is 9.78. The highest BCUT2D eigenvalue weighted by atomic mass is 32.1. The van der Waals surface area contributed by atoms with Crippen LogP contribution >= 0.6 is 11.3 Å². The number of carbonyl (C=O) groups is 3. The third-order valence-corrected chi connectivity index (χ3v) is 4.38. The number of aromatic amines is 1. The second-order valence-electron chi connectivity index (χ2n) is 4.61. The van der Waals surface area contributed by atoms with E-state index < -0.39 is 23.3 Å². The molecule has 1 saturated heterocycles. The normalized spacial score (nSPS) is 18.3. The summed E-state index contributed by atoms with van der Waals surface area (Å²) in [5.41, 5.74) is -0.733. The Morgan fingerprint density at radius 1 is 1.20 bits per heavy atom. The summed E-state index contributed by atoms with van der Waals surface area (Å²) in [5.74, 6) is -1.06. The maximum atomic E-state index is 12.5. The highest BCUT2D eigenvalue weighted by Crippen LogP contribution is 2.32. The molecule has 1 aliphatic rings. The van der Waals surface area contributed by atoms with Crippen LogP contribution in [0, 0.1) is 5.41 Å². The van der Waals surface area contributed by atoms with Crippen LogP contribution in [0.15, 0.2) is 10.2 Å². The molecule has 7 nitrogen and oxygen atoms in total. The topological polar surface area (TPSA) is 99.3 Å². The lowest BCUT2D eigenvalue weighted by molar-refractivity contribution is -0.152. The van der Waals surface area contributed by atoms with Crippen molar-refractivity contribution in [3.05, 3.63) is 20.7 Å². The first-order valence-electron chi connectivity index (χ1n) is 6.28. The average Bonchev–Trinajstić information content (AvgIpc) is 2.82. The number of urea groups is 1. The fourth-order valence-electron chi connectivity index (χ4n) is 2.31. The molecule has 0 spiro atoms. The summed E-state index contributed by atoms with van der Waals surface area (Å²) >= 11 is 0.960. The number of H-pyrrole nitrogens is 1. The molecule has 0 bridgehead atoms. The van der Waals surface area contributed by atoms with Gasteiger partial charge in [0, 0.05) is 11.1 Å². The van der Waals surface area contributed by atoms with Crippen LogP contribution in [-0.2, 0) is 16.1 Å². The molecule has 0 radical (unpaired) electrons. The van der Waals surface area contributed by atoms with Gasteiger partial charge in [-0.25, -0.2) is 4.79 Å². The summed E-state index contributed by atoms with van der Waals surface area (Å²) in [6.45, 7) is 3.43. The Morgan fingerprint density at radius 2 is 1.85 bits per heavy atom. The monoisotopic (exact) mass is 297 g/mol. The Labute approximate surface area is 119 Å². The van der Waals surface area contributed by atoms with Gasteiger partial charge in [0.05, 0.1) is 6.54 Å². The van der Waals surface area contributed by atoms with Crippen molar-refractivity contribution in [2.75, 3.05) is 0 Å². The van der Waals surface area contributed by atoms with E-state index in [-0.39, 0.29) is 11.4 Å². The van der Waals surface area contributed by atoms with Gasteiger partial charge in [0.1, 0.15) is 5.41 Å². The Balaban J connectivity index is 2.32. The van der Waals surface area contributed by atoms with Gasteiger partial charge < -0.3 is 4.98 Å². The summed E-state index contributed by atoms with van der Waals surface area (Å²) in [7, 11) is 0. The zero-order valence-corrected chi connectivity index (χ0v) is 12.0. The van der Waals surface area contributed by atoms with Crippen LogP contribution in [0.3, 0.4) is 0 Å². The number of amides is 4. The van der Waals surface area contributed by atoms with Crippen molar-refractivity contribution < 1.29 is 14.4 Å². The number of rotatable bonds is 4. The molecular weight excluding hydrogens is 282 g/mol. The fourth-order valence-corrected chi connectivity index (χ4v) is 2.88. The van der Waals surface area contributed by atoms with E-state index in [0.717, 1.165) is 16.2 Å². The van der Waals surface area contributed by atoms with Crippen LogP contribution in [0.1, 0.15) is 32.4 Å². The number of carbonyl (C=O) groups excluding carboxylic acids is 3. The maximum Gasteiger partial charge on any atom is 0.331 e. The summed E-state index contributed by atoms with van der Waals surface area (Å²) in [6.07, 6.45) is 0.635. The van der Waals surface area contributed by atoms with Crippen LogP contribution in [0.4, 0.5) is 4.79 Å².